The van der Waals surface area contributed by atoms with Crippen molar-refractivity contribution in [3.05, 3.63) is 59.3 Å². The second kappa shape index (κ2) is 7.42. The first-order chi connectivity index (χ1) is 15.0. The summed E-state index contributed by atoms with van der Waals surface area (Å²) in [4.78, 5) is 28.8. The zero-order chi connectivity index (χ0) is 21.7. The molecule has 3 heterocycles. The van der Waals surface area contributed by atoms with Gasteiger partial charge in [0.05, 0.1) is 28.3 Å². The standard InChI is InChI=1S/C23H21ClN4O3/c1-3-19(29)27-8-9-28-14(11-27)12-31-22-16(23(28)30)6-5-15(21(22)24)20-13(2)4-7-18-17(20)10-25-26-18/h3-7,10,14H,1,8-9,11-12H2,2H3,(H,25,26)/t14-/m1/s1. The van der Waals surface area contributed by atoms with E-state index >= 15 is 0 Å². The fraction of sp³-hybridized carbons (Fsp3) is 0.261. The normalized spacial score (nSPS) is 18.3. The molecule has 0 radical (unpaired) electrons. The predicted molar refractivity (Wildman–Crippen MR) is 118 cm³/mol. The van der Waals surface area contributed by atoms with E-state index in [2.05, 4.69) is 16.8 Å². The number of aromatic amines is 1. The lowest BCUT2D eigenvalue weighted by atomic mass is 9.95. The predicted octanol–water partition coefficient (Wildman–Crippen LogP) is 3.42. The molecule has 2 aliphatic rings. The zero-order valence-corrected chi connectivity index (χ0v) is 17.8. The molecule has 2 aromatic carbocycles. The molecule has 0 aliphatic carbocycles. The number of amides is 2. The number of carbonyl (C=O) groups excluding carboxylic acids is 2. The molecule has 158 valence electrons. The minimum absolute atomic E-state index is 0.130. The average Bonchev–Trinajstić information content (AvgIpc) is 3.20. The molecule has 2 aliphatic heterocycles. The SMILES string of the molecule is C=CC(=O)N1CCN2C(=O)c3ccc(-c4c(C)ccc5[nH]ncc45)c(Cl)c3OC[C@H]2C1. The first-order valence-electron chi connectivity index (χ1n) is 10.1. The number of piperazine rings is 1. The number of ether oxygens (including phenoxy) is 1. The summed E-state index contributed by atoms with van der Waals surface area (Å²) in [5.41, 5.74) is 4.15. The molecule has 3 aromatic rings. The van der Waals surface area contributed by atoms with E-state index < -0.39 is 0 Å². The number of aromatic nitrogens is 2. The monoisotopic (exact) mass is 436 g/mol. The maximum Gasteiger partial charge on any atom is 0.258 e. The van der Waals surface area contributed by atoms with Crippen LogP contribution in [0.5, 0.6) is 5.75 Å². The van der Waals surface area contributed by atoms with Gasteiger partial charge in [-0.15, -0.1) is 0 Å². The minimum atomic E-state index is -0.240. The van der Waals surface area contributed by atoms with Gasteiger partial charge in [-0.1, -0.05) is 30.3 Å². The fourth-order valence-corrected chi connectivity index (χ4v) is 4.79. The van der Waals surface area contributed by atoms with Crippen LogP contribution in [-0.4, -0.2) is 64.1 Å². The number of benzene rings is 2. The van der Waals surface area contributed by atoms with E-state index in [1.54, 1.807) is 22.1 Å². The highest BCUT2D eigenvalue weighted by atomic mass is 35.5. The van der Waals surface area contributed by atoms with Crippen LogP contribution in [0.2, 0.25) is 5.02 Å². The number of fused-ring (bicyclic) bond motifs is 3. The fourth-order valence-electron chi connectivity index (χ4n) is 4.47. The van der Waals surface area contributed by atoms with Gasteiger partial charge in [0.2, 0.25) is 5.91 Å². The molecule has 8 heteroatoms. The first kappa shape index (κ1) is 19.6. The lowest BCUT2D eigenvalue weighted by Crippen LogP contribution is -2.57. The van der Waals surface area contributed by atoms with Crippen LogP contribution >= 0.6 is 11.6 Å². The van der Waals surface area contributed by atoms with Crippen molar-refractivity contribution in [2.24, 2.45) is 0 Å². The molecular formula is C23H21ClN4O3. The van der Waals surface area contributed by atoms with Gasteiger partial charge < -0.3 is 14.5 Å². The van der Waals surface area contributed by atoms with Crippen LogP contribution in [-0.2, 0) is 4.79 Å². The van der Waals surface area contributed by atoms with E-state index in [0.29, 0.717) is 36.0 Å². The van der Waals surface area contributed by atoms with Crippen LogP contribution in [0.1, 0.15) is 15.9 Å². The minimum Gasteiger partial charge on any atom is -0.489 e. The second-order valence-corrected chi connectivity index (χ2v) is 8.22. The molecule has 2 amide bonds. The maximum absolute atomic E-state index is 13.3. The third kappa shape index (κ3) is 3.08. The summed E-state index contributed by atoms with van der Waals surface area (Å²) in [5.74, 6) is 0.118. The van der Waals surface area contributed by atoms with Crippen LogP contribution in [0.15, 0.2) is 43.1 Å². The van der Waals surface area contributed by atoms with Crippen molar-refractivity contribution >= 4 is 34.3 Å². The Morgan fingerprint density at radius 1 is 1.29 bits per heavy atom. The van der Waals surface area contributed by atoms with Crippen LogP contribution in [0, 0.1) is 6.92 Å². The van der Waals surface area contributed by atoms with Gasteiger partial charge in [-0.05, 0) is 36.3 Å². The molecule has 1 saturated heterocycles. The summed E-state index contributed by atoms with van der Waals surface area (Å²) in [6, 6.07) is 7.40. The average molecular weight is 437 g/mol. The summed E-state index contributed by atoms with van der Waals surface area (Å²) in [6.07, 6.45) is 3.07. The van der Waals surface area contributed by atoms with E-state index in [9.17, 15) is 9.59 Å². The number of nitrogens with zero attached hydrogens (tertiary/aromatic N) is 3. The van der Waals surface area contributed by atoms with E-state index in [4.69, 9.17) is 16.3 Å². The number of halogens is 1. The Hall–Kier alpha value is -3.32. The third-order valence-corrected chi connectivity index (χ3v) is 6.45. The second-order valence-electron chi connectivity index (χ2n) is 7.84. The number of hydrogen-bond donors (Lipinski definition) is 1. The van der Waals surface area contributed by atoms with E-state index in [-0.39, 0.29) is 24.5 Å². The smallest absolute Gasteiger partial charge is 0.258 e. The molecule has 7 nitrogen and oxygen atoms in total. The molecule has 0 unspecified atom stereocenters. The molecule has 0 spiro atoms. The number of rotatable bonds is 2. The Morgan fingerprint density at radius 2 is 2.10 bits per heavy atom. The largest absolute Gasteiger partial charge is 0.489 e. The molecule has 0 bridgehead atoms. The number of aryl methyl sites for hydroxylation is 1. The molecule has 1 aromatic heterocycles. The Morgan fingerprint density at radius 3 is 2.90 bits per heavy atom. The number of hydrogen-bond acceptors (Lipinski definition) is 4. The van der Waals surface area contributed by atoms with Crippen molar-refractivity contribution in [2.75, 3.05) is 26.2 Å². The van der Waals surface area contributed by atoms with Crippen molar-refractivity contribution in [3.63, 3.8) is 0 Å². The van der Waals surface area contributed by atoms with Crippen LogP contribution < -0.4 is 4.74 Å². The molecular weight excluding hydrogens is 416 g/mol. The van der Waals surface area contributed by atoms with Gasteiger partial charge in [-0.3, -0.25) is 14.7 Å². The van der Waals surface area contributed by atoms with E-state index in [1.165, 1.54) is 6.08 Å². The van der Waals surface area contributed by atoms with Gasteiger partial charge in [-0.2, -0.15) is 5.10 Å². The Kier molecular flexibility index (Phi) is 4.70. The quantitative estimate of drug-likeness (QED) is 0.624. The summed E-state index contributed by atoms with van der Waals surface area (Å²) in [5, 5.41) is 8.49. The molecule has 1 atom stereocenters. The van der Waals surface area contributed by atoms with Crippen molar-refractivity contribution in [1.82, 2.24) is 20.0 Å². The van der Waals surface area contributed by atoms with Gasteiger partial charge in [0.25, 0.3) is 5.91 Å². The zero-order valence-electron chi connectivity index (χ0n) is 17.0. The summed E-state index contributed by atoms with van der Waals surface area (Å²) >= 11 is 6.83. The van der Waals surface area contributed by atoms with Crippen LogP contribution in [0.25, 0.3) is 22.0 Å². The van der Waals surface area contributed by atoms with Gasteiger partial charge in [-0.25, -0.2) is 0 Å². The summed E-state index contributed by atoms with van der Waals surface area (Å²) in [7, 11) is 0. The highest BCUT2D eigenvalue weighted by Gasteiger charge is 2.37. The van der Waals surface area contributed by atoms with Crippen LogP contribution in [0.4, 0.5) is 0 Å². The highest BCUT2D eigenvalue weighted by molar-refractivity contribution is 6.36. The van der Waals surface area contributed by atoms with Crippen LogP contribution in [0.3, 0.4) is 0 Å². The Bertz CT molecular complexity index is 1240. The number of H-pyrrole nitrogens is 1. The van der Waals surface area contributed by atoms with Crippen molar-refractivity contribution in [2.45, 2.75) is 13.0 Å². The van der Waals surface area contributed by atoms with Gasteiger partial charge >= 0.3 is 0 Å². The molecule has 5 rings (SSSR count). The van der Waals surface area contributed by atoms with Gasteiger partial charge in [0.15, 0.2) is 5.75 Å². The molecule has 31 heavy (non-hydrogen) atoms. The molecule has 1 fully saturated rings. The Balaban J connectivity index is 1.56. The lowest BCUT2D eigenvalue weighted by molar-refractivity contribution is -0.128. The molecule has 0 saturated carbocycles. The third-order valence-electron chi connectivity index (χ3n) is 6.08. The van der Waals surface area contributed by atoms with E-state index in [1.807, 2.05) is 25.1 Å². The summed E-state index contributed by atoms with van der Waals surface area (Å²) < 4.78 is 6.09. The van der Waals surface area contributed by atoms with Gasteiger partial charge in [0, 0.05) is 30.6 Å². The van der Waals surface area contributed by atoms with Crippen molar-refractivity contribution in [1.29, 1.82) is 0 Å². The first-order valence-corrected chi connectivity index (χ1v) is 10.5. The highest BCUT2D eigenvalue weighted by Crippen LogP contribution is 2.43. The van der Waals surface area contributed by atoms with E-state index in [0.717, 1.165) is 27.6 Å². The lowest BCUT2D eigenvalue weighted by Gasteiger charge is -2.39. The topological polar surface area (TPSA) is 78.5 Å². The summed E-state index contributed by atoms with van der Waals surface area (Å²) in [6.45, 7) is 7.15. The van der Waals surface area contributed by atoms with Crippen molar-refractivity contribution in [3.8, 4) is 16.9 Å². The van der Waals surface area contributed by atoms with Crippen molar-refractivity contribution < 1.29 is 14.3 Å². The maximum atomic E-state index is 13.3. The number of carbonyl (C=O) groups is 2. The van der Waals surface area contributed by atoms with Gasteiger partial charge in [0.1, 0.15) is 6.61 Å². The Labute approximate surface area is 184 Å². The number of nitrogens with one attached hydrogen (secondary N) is 1. The molecule has 1 N–H and O–H groups in total.